The Morgan fingerprint density at radius 3 is 2.83 bits per heavy atom. The van der Waals surface area contributed by atoms with Gasteiger partial charge in [0.2, 0.25) is 0 Å². The van der Waals surface area contributed by atoms with E-state index >= 15 is 0 Å². The van der Waals surface area contributed by atoms with E-state index in [1.54, 1.807) is 6.07 Å². The van der Waals surface area contributed by atoms with Gasteiger partial charge in [-0.15, -0.1) is 0 Å². The molecule has 1 aliphatic heterocycles. The monoisotopic (exact) mass is 305 g/mol. The van der Waals surface area contributed by atoms with Crippen molar-refractivity contribution in [3.8, 4) is 0 Å². The summed E-state index contributed by atoms with van der Waals surface area (Å²) in [5.41, 5.74) is 0. The number of anilines is 2. The molecule has 1 fully saturated rings. The molecule has 0 spiro atoms. The van der Waals surface area contributed by atoms with E-state index in [0.717, 1.165) is 31.0 Å². The van der Waals surface area contributed by atoms with Crippen molar-refractivity contribution in [2.75, 3.05) is 28.7 Å². The summed E-state index contributed by atoms with van der Waals surface area (Å²) < 4.78 is 0. The van der Waals surface area contributed by atoms with Gasteiger partial charge < -0.3 is 10.6 Å². The second-order valence-electron chi connectivity index (χ2n) is 4.28. The van der Waals surface area contributed by atoms with Crippen molar-refractivity contribution in [2.24, 2.45) is 0 Å². The number of hydrogen-bond donors (Lipinski definition) is 2. The first-order valence-corrected chi connectivity index (χ1v) is 8.06. The highest BCUT2D eigenvalue weighted by Gasteiger charge is 2.18. The van der Waals surface area contributed by atoms with Crippen LogP contribution in [0.15, 0.2) is 6.07 Å². The van der Waals surface area contributed by atoms with Gasteiger partial charge in [-0.05, 0) is 24.7 Å². The maximum atomic E-state index is 6.17. The molecule has 1 aromatic heterocycles. The number of nitrogens with one attached hydrogen (secondary N) is 2. The Balaban J connectivity index is 2.12. The first-order chi connectivity index (χ1) is 8.70. The molecule has 0 radical (unpaired) electrons. The van der Waals surface area contributed by atoms with Crippen molar-refractivity contribution in [3.63, 3.8) is 0 Å². The number of aromatic nitrogens is 1. The summed E-state index contributed by atoms with van der Waals surface area (Å²) in [5.74, 6) is 3.74. The second-order valence-corrected chi connectivity index (χ2v) is 6.25. The average Bonchev–Trinajstić information content (AvgIpc) is 2.84. The van der Waals surface area contributed by atoms with Gasteiger partial charge in [0, 0.05) is 18.3 Å². The Bertz CT molecular complexity index is 409. The topological polar surface area (TPSA) is 37.0 Å². The Kier molecular flexibility index (Phi) is 5.27. The maximum absolute atomic E-state index is 6.17. The molecule has 0 bridgehead atoms. The second kappa shape index (κ2) is 6.73. The molecule has 6 heteroatoms. The zero-order valence-corrected chi connectivity index (χ0v) is 12.6. The van der Waals surface area contributed by atoms with Gasteiger partial charge in [0.25, 0.3) is 0 Å². The Hall–Kier alpha value is -0.320. The summed E-state index contributed by atoms with van der Waals surface area (Å²) in [5, 5.41) is 7.75. The van der Waals surface area contributed by atoms with Gasteiger partial charge in [-0.3, -0.25) is 0 Å². The highest BCUT2D eigenvalue weighted by atomic mass is 35.5. The standard InChI is InChI=1S/C12H17Cl2N3S/c1-2-4-15-11-9(13)6-10(14)12(17-11)16-8-3-5-18-7-8/h6,8H,2-5,7H2,1H3,(H2,15,16,17). The van der Waals surface area contributed by atoms with Crippen molar-refractivity contribution in [1.29, 1.82) is 0 Å². The Morgan fingerprint density at radius 2 is 2.17 bits per heavy atom. The predicted molar refractivity (Wildman–Crippen MR) is 82.4 cm³/mol. The fourth-order valence-corrected chi connectivity index (χ4v) is 3.41. The number of hydrogen-bond acceptors (Lipinski definition) is 4. The molecular weight excluding hydrogens is 289 g/mol. The minimum atomic E-state index is 0.459. The molecule has 1 aliphatic rings. The SMILES string of the molecule is CCCNc1nc(NC2CCSC2)c(Cl)cc1Cl. The maximum Gasteiger partial charge on any atom is 0.147 e. The number of pyridine rings is 1. The highest BCUT2D eigenvalue weighted by Crippen LogP contribution is 2.31. The van der Waals surface area contributed by atoms with Crippen molar-refractivity contribution < 1.29 is 0 Å². The lowest BCUT2D eigenvalue weighted by Crippen LogP contribution is -2.19. The lowest BCUT2D eigenvalue weighted by Gasteiger charge is -2.15. The predicted octanol–water partition coefficient (Wildman–Crippen LogP) is 4.13. The van der Waals surface area contributed by atoms with E-state index in [0.29, 0.717) is 21.9 Å². The molecule has 2 N–H and O–H groups in total. The molecule has 0 amide bonds. The van der Waals surface area contributed by atoms with E-state index in [4.69, 9.17) is 23.2 Å². The number of halogens is 2. The van der Waals surface area contributed by atoms with E-state index < -0.39 is 0 Å². The molecule has 18 heavy (non-hydrogen) atoms. The van der Waals surface area contributed by atoms with Crippen LogP contribution in [0.2, 0.25) is 10.0 Å². The summed E-state index contributed by atoms with van der Waals surface area (Å²) in [6.45, 7) is 2.96. The van der Waals surface area contributed by atoms with Crippen molar-refractivity contribution >= 4 is 46.6 Å². The zero-order valence-electron chi connectivity index (χ0n) is 10.3. The molecule has 2 heterocycles. The van der Waals surface area contributed by atoms with Crippen LogP contribution >= 0.6 is 35.0 Å². The molecule has 0 saturated carbocycles. The summed E-state index contributed by atoms with van der Waals surface area (Å²) in [4.78, 5) is 4.48. The molecule has 1 atom stereocenters. The van der Waals surface area contributed by atoms with Crippen LogP contribution in [0.1, 0.15) is 19.8 Å². The molecule has 2 rings (SSSR count). The Morgan fingerprint density at radius 1 is 1.39 bits per heavy atom. The van der Waals surface area contributed by atoms with Gasteiger partial charge in [-0.25, -0.2) is 4.98 Å². The normalized spacial score (nSPS) is 18.9. The molecule has 1 aromatic rings. The first-order valence-electron chi connectivity index (χ1n) is 6.15. The van der Waals surface area contributed by atoms with Crippen LogP contribution in [0.3, 0.4) is 0 Å². The smallest absolute Gasteiger partial charge is 0.147 e. The van der Waals surface area contributed by atoms with Crippen LogP contribution in [-0.4, -0.2) is 29.1 Å². The van der Waals surface area contributed by atoms with Crippen LogP contribution in [0.5, 0.6) is 0 Å². The third-order valence-corrected chi connectivity index (χ3v) is 4.48. The van der Waals surface area contributed by atoms with Crippen molar-refractivity contribution in [1.82, 2.24) is 4.98 Å². The molecule has 1 unspecified atom stereocenters. The van der Waals surface area contributed by atoms with Gasteiger partial charge in [0.1, 0.15) is 11.6 Å². The minimum absolute atomic E-state index is 0.459. The molecule has 100 valence electrons. The summed E-state index contributed by atoms with van der Waals surface area (Å²) in [6.07, 6.45) is 2.19. The lowest BCUT2D eigenvalue weighted by atomic mass is 10.2. The fraction of sp³-hybridized carbons (Fsp3) is 0.583. The van der Waals surface area contributed by atoms with Crippen LogP contribution in [0.25, 0.3) is 0 Å². The van der Waals surface area contributed by atoms with E-state index in [1.165, 1.54) is 5.75 Å². The number of nitrogens with zero attached hydrogens (tertiary/aromatic N) is 1. The molecular formula is C12H17Cl2N3S. The third kappa shape index (κ3) is 3.59. The fourth-order valence-electron chi connectivity index (χ4n) is 1.78. The molecule has 1 saturated heterocycles. The van der Waals surface area contributed by atoms with Gasteiger partial charge in [-0.1, -0.05) is 30.1 Å². The van der Waals surface area contributed by atoms with E-state index in [2.05, 4.69) is 22.5 Å². The van der Waals surface area contributed by atoms with Gasteiger partial charge in [0.15, 0.2) is 0 Å². The molecule has 0 aromatic carbocycles. The van der Waals surface area contributed by atoms with Gasteiger partial charge in [-0.2, -0.15) is 11.8 Å². The van der Waals surface area contributed by atoms with Crippen LogP contribution in [0, 0.1) is 0 Å². The number of rotatable bonds is 5. The summed E-state index contributed by atoms with van der Waals surface area (Å²) in [7, 11) is 0. The highest BCUT2D eigenvalue weighted by molar-refractivity contribution is 7.99. The van der Waals surface area contributed by atoms with E-state index in [1.807, 2.05) is 11.8 Å². The average molecular weight is 306 g/mol. The summed E-state index contributed by atoms with van der Waals surface area (Å²) >= 11 is 14.2. The zero-order chi connectivity index (χ0) is 13.0. The first kappa shape index (κ1) is 14.1. The lowest BCUT2D eigenvalue weighted by molar-refractivity contribution is 0.807. The van der Waals surface area contributed by atoms with Crippen LogP contribution in [-0.2, 0) is 0 Å². The van der Waals surface area contributed by atoms with Crippen LogP contribution < -0.4 is 10.6 Å². The van der Waals surface area contributed by atoms with Gasteiger partial charge in [0.05, 0.1) is 10.0 Å². The third-order valence-electron chi connectivity index (χ3n) is 2.74. The molecule has 0 aliphatic carbocycles. The van der Waals surface area contributed by atoms with E-state index in [9.17, 15) is 0 Å². The van der Waals surface area contributed by atoms with E-state index in [-0.39, 0.29) is 0 Å². The minimum Gasteiger partial charge on any atom is -0.369 e. The van der Waals surface area contributed by atoms with Gasteiger partial charge >= 0.3 is 0 Å². The quantitative estimate of drug-likeness (QED) is 0.858. The largest absolute Gasteiger partial charge is 0.369 e. The number of thioether (sulfide) groups is 1. The Labute approximate surface area is 122 Å². The van der Waals surface area contributed by atoms with Crippen molar-refractivity contribution in [3.05, 3.63) is 16.1 Å². The summed E-state index contributed by atoms with van der Waals surface area (Å²) in [6, 6.07) is 2.21. The van der Waals surface area contributed by atoms with Crippen LogP contribution in [0.4, 0.5) is 11.6 Å². The van der Waals surface area contributed by atoms with Crippen molar-refractivity contribution in [2.45, 2.75) is 25.8 Å². The molecule has 3 nitrogen and oxygen atoms in total.